The predicted octanol–water partition coefficient (Wildman–Crippen LogP) is 2.19. The van der Waals surface area contributed by atoms with Crippen molar-refractivity contribution >= 4 is 39.7 Å². The van der Waals surface area contributed by atoms with Gasteiger partial charge >= 0.3 is 11.8 Å². The Labute approximate surface area is 201 Å². The molecule has 178 valence electrons. The zero-order valence-corrected chi connectivity index (χ0v) is 19.5. The number of amides is 2. The number of carbonyl (C=O) groups is 2. The van der Waals surface area contributed by atoms with E-state index < -0.39 is 21.8 Å². The van der Waals surface area contributed by atoms with Crippen molar-refractivity contribution in [2.75, 3.05) is 7.11 Å². The van der Waals surface area contributed by atoms with Gasteiger partial charge in [0.2, 0.25) is 10.0 Å². The van der Waals surface area contributed by atoms with Crippen LogP contribution in [0.1, 0.15) is 17.1 Å². The molecule has 34 heavy (non-hydrogen) atoms. The number of hydrogen-bond donors (Lipinski definition) is 3. The SMILES string of the molecule is COc1ccc(CNC(=O)C(=O)N/N=C\c2ccc(CNS(=O)(=O)c3ccc(Cl)cc3)o2)cc1. The Hall–Kier alpha value is -3.67. The number of rotatable bonds is 9. The molecule has 0 fully saturated rings. The van der Waals surface area contributed by atoms with E-state index in [0.717, 1.165) is 5.56 Å². The molecule has 0 saturated carbocycles. The van der Waals surface area contributed by atoms with Gasteiger partial charge in [0, 0.05) is 11.6 Å². The minimum Gasteiger partial charge on any atom is -0.497 e. The fourth-order valence-corrected chi connectivity index (χ4v) is 3.75. The molecule has 3 rings (SSSR count). The van der Waals surface area contributed by atoms with Crippen LogP contribution in [-0.2, 0) is 32.7 Å². The van der Waals surface area contributed by atoms with Crippen LogP contribution in [0.3, 0.4) is 0 Å². The lowest BCUT2D eigenvalue weighted by atomic mass is 10.2. The summed E-state index contributed by atoms with van der Waals surface area (Å²) in [5.74, 6) is -0.554. The summed E-state index contributed by atoms with van der Waals surface area (Å²) < 4.78 is 37.5. The highest BCUT2D eigenvalue weighted by Crippen LogP contribution is 2.15. The maximum Gasteiger partial charge on any atom is 0.329 e. The van der Waals surface area contributed by atoms with Gasteiger partial charge in [-0.2, -0.15) is 5.10 Å². The van der Waals surface area contributed by atoms with Crippen LogP contribution in [0.4, 0.5) is 0 Å². The summed E-state index contributed by atoms with van der Waals surface area (Å²) in [5, 5.41) is 6.57. The Bertz CT molecular complexity index is 1270. The zero-order chi connectivity index (χ0) is 24.6. The van der Waals surface area contributed by atoms with Crippen LogP contribution in [0.15, 0.2) is 75.1 Å². The predicted molar refractivity (Wildman–Crippen MR) is 125 cm³/mol. The van der Waals surface area contributed by atoms with Gasteiger partial charge in [-0.15, -0.1) is 0 Å². The second kappa shape index (κ2) is 11.5. The van der Waals surface area contributed by atoms with Crippen molar-refractivity contribution in [3.63, 3.8) is 0 Å². The van der Waals surface area contributed by atoms with E-state index in [-0.39, 0.29) is 23.7 Å². The van der Waals surface area contributed by atoms with Crippen molar-refractivity contribution in [2.24, 2.45) is 5.10 Å². The highest BCUT2D eigenvalue weighted by atomic mass is 35.5. The average molecular weight is 505 g/mol. The summed E-state index contributed by atoms with van der Waals surface area (Å²) in [6.07, 6.45) is 1.19. The number of furan rings is 1. The first-order valence-electron chi connectivity index (χ1n) is 9.85. The molecule has 1 aromatic heterocycles. The van der Waals surface area contributed by atoms with Crippen LogP contribution in [0.2, 0.25) is 5.02 Å². The lowest BCUT2D eigenvalue weighted by Crippen LogP contribution is -2.37. The third-order valence-corrected chi connectivity index (χ3v) is 6.09. The van der Waals surface area contributed by atoms with Gasteiger partial charge in [-0.25, -0.2) is 18.6 Å². The quantitative estimate of drug-likeness (QED) is 0.232. The molecule has 0 radical (unpaired) electrons. The van der Waals surface area contributed by atoms with Crippen LogP contribution >= 0.6 is 11.6 Å². The highest BCUT2D eigenvalue weighted by Gasteiger charge is 2.15. The smallest absolute Gasteiger partial charge is 0.329 e. The lowest BCUT2D eigenvalue weighted by molar-refractivity contribution is -0.139. The standard InChI is InChI=1S/C22H21ClN4O6S/c1-32-17-6-2-15(3-7-17)12-24-21(28)22(29)27-25-13-18-8-9-19(33-18)14-26-34(30,31)20-10-4-16(23)5-11-20/h2-11,13,26H,12,14H2,1H3,(H,24,28)(H,27,29)/b25-13-. The van der Waals surface area contributed by atoms with E-state index in [2.05, 4.69) is 20.6 Å². The number of hydrogen-bond acceptors (Lipinski definition) is 7. The molecule has 0 saturated heterocycles. The van der Waals surface area contributed by atoms with Gasteiger partial charge in [0.1, 0.15) is 17.3 Å². The van der Waals surface area contributed by atoms with Gasteiger partial charge in [-0.3, -0.25) is 9.59 Å². The number of halogens is 1. The van der Waals surface area contributed by atoms with Crippen molar-refractivity contribution < 1.29 is 27.2 Å². The number of carbonyl (C=O) groups excluding carboxylic acids is 2. The Morgan fingerprint density at radius 3 is 2.38 bits per heavy atom. The molecule has 0 atom stereocenters. The monoisotopic (exact) mass is 504 g/mol. The average Bonchev–Trinajstić information content (AvgIpc) is 3.29. The summed E-state index contributed by atoms with van der Waals surface area (Å²) in [4.78, 5) is 23.8. The lowest BCUT2D eigenvalue weighted by Gasteiger charge is -2.05. The third-order valence-electron chi connectivity index (χ3n) is 4.42. The Morgan fingerprint density at radius 1 is 1.00 bits per heavy atom. The van der Waals surface area contributed by atoms with E-state index in [4.69, 9.17) is 20.8 Å². The summed E-state index contributed by atoms with van der Waals surface area (Å²) in [6.45, 7) is 0.0619. The molecule has 10 nitrogen and oxygen atoms in total. The van der Waals surface area contributed by atoms with Gasteiger partial charge in [-0.1, -0.05) is 23.7 Å². The number of ether oxygens (including phenoxy) is 1. The van der Waals surface area contributed by atoms with Crippen LogP contribution in [0, 0.1) is 0 Å². The first kappa shape index (κ1) is 25.0. The summed E-state index contributed by atoms with van der Waals surface area (Å²) in [7, 11) is -2.19. The van der Waals surface area contributed by atoms with Crippen molar-refractivity contribution in [3.8, 4) is 5.75 Å². The van der Waals surface area contributed by atoms with E-state index >= 15 is 0 Å². The number of benzene rings is 2. The summed E-state index contributed by atoms with van der Waals surface area (Å²) >= 11 is 5.77. The normalized spacial score (nSPS) is 11.4. The second-order valence-corrected chi connectivity index (χ2v) is 9.02. The summed E-state index contributed by atoms with van der Waals surface area (Å²) in [6, 6.07) is 15.8. The molecular weight excluding hydrogens is 484 g/mol. The summed E-state index contributed by atoms with van der Waals surface area (Å²) in [5.41, 5.74) is 2.89. The second-order valence-electron chi connectivity index (χ2n) is 6.81. The molecule has 0 aliphatic carbocycles. The maximum absolute atomic E-state index is 12.3. The third kappa shape index (κ3) is 7.17. The van der Waals surface area contributed by atoms with Gasteiger partial charge < -0.3 is 14.5 Å². The maximum atomic E-state index is 12.3. The zero-order valence-electron chi connectivity index (χ0n) is 17.9. The van der Waals surface area contributed by atoms with Gasteiger partial charge in [0.25, 0.3) is 0 Å². The van der Waals surface area contributed by atoms with Crippen molar-refractivity contribution in [1.82, 2.24) is 15.5 Å². The molecule has 0 aliphatic heterocycles. The molecule has 1 heterocycles. The first-order chi connectivity index (χ1) is 16.3. The molecule has 2 aromatic carbocycles. The Kier molecular flexibility index (Phi) is 8.41. The van der Waals surface area contributed by atoms with E-state index in [0.29, 0.717) is 16.5 Å². The largest absolute Gasteiger partial charge is 0.497 e. The van der Waals surface area contributed by atoms with E-state index in [1.807, 2.05) is 0 Å². The molecule has 3 N–H and O–H groups in total. The minimum atomic E-state index is -3.74. The van der Waals surface area contributed by atoms with Crippen LogP contribution in [0.25, 0.3) is 0 Å². The van der Waals surface area contributed by atoms with E-state index in [1.165, 1.54) is 36.5 Å². The molecular formula is C22H21ClN4O6S. The molecule has 12 heteroatoms. The van der Waals surface area contributed by atoms with Gasteiger partial charge in [0.05, 0.1) is 24.8 Å². The first-order valence-corrected chi connectivity index (χ1v) is 11.7. The molecule has 2 amide bonds. The highest BCUT2D eigenvalue weighted by molar-refractivity contribution is 7.89. The molecule has 0 spiro atoms. The van der Waals surface area contributed by atoms with E-state index in [1.54, 1.807) is 37.4 Å². The van der Waals surface area contributed by atoms with E-state index in [9.17, 15) is 18.0 Å². The van der Waals surface area contributed by atoms with Crippen molar-refractivity contribution in [3.05, 3.63) is 82.8 Å². The molecule has 0 aliphatic rings. The fourth-order valence-electron chi connectivity index (χ4n) is 2.63. The number of methoxy groups -OCH3 is 1. The van der Waals surface area contributed by atoms with Crippen LogP contribution < -0.4 is 20.2 Å². The Morgan fingerprint density at radius 2 is 1.71 bits per heavy atom. The fraction of sp³-hybridized carbons (Fsp3) is 0.136. The van der Waals surface area contributed by atoms with Crippen LogP contribution in [-0.4, -0.2) is 33.6 Å². The molecule has 0 bridgehead atoms. The van der Waals surface area contributed by atoms with Gasteiger partial charge in [-0.05, 0) is 54.1 Å². The number of sulfonamides is 1. The number of nitrogens with zero attached hydrogens (tertiary/aromatic N) is 1. The van der Waals surface area contributed by atoms with Gasteiger partial charge in [0.15, 0.2) is 0 Å². The van der Waals surface area contributed by atoms with Crippen molar-refractivity contribution in [2.45, 2.75) is 18.0 Å². The molecule has 0 unspecified atom stereocenters. The van der Waals surface area contributed by atoms with Crippen LogP contribution in [0.5, 0.6) is 5.75 Å². The minimum absolute atomic E-state index is 0.0678. The number of nitrogens with one attached hydrogen (secondary N) is 3. The number of hydrazone groups is 1. The molecule has 3 aromatic rings. The van der Waals surface area contributed by atoms with Crippen molar-refractivity contribution in [1.29, 1.82) is 0 Å². The topological polar surface area (TPSA) is 139 Å². The Balaban J connectivity index is 1.45.